The van der Waals surface area contributed by atoms with E-state index in [-0.39, 0.29) is 5.91 Å². The molecule has 0 radical (unpaired) electrons. The van der Waals surface area contributed by atoms with Gasteiger partial charge in [0.25, 0.3) is 5.91 Å². The van der Waals surface area contributed by atoms with E-state index < -0.39 is 0 Å². The molecule has 1 amide bonds. The number of hydrogen-bond donors (Lipinski definition) is 1. The third-order valence-corrected chi connectivity index (χ3v) is 4.92. The van der Waals surface area contributed by atoms with Crippen molar-refractivity contribution in [3.8, 4) is 0 Å². The molecule has 1 atom stereocenters. The first-order chi connectivity index (χ1) is 10.5. The fourth-order valence-corrected chi connectivity index (χ4v) is 3.43. The summed E-state index contributed by atoms with van der Waals surface area (Å²) >= 11 is 0. The summed E-state index contributed by atoms with van der Waals surface area (Å²) in [5.74, 6) is 1.54. The van der Waals surface area contributed by atoms with Crippen LogP contribution in [0.25, 0.3) is 0 Å². The summed E-state index contributed by atoms with van der Waals surface area (Å²) in [5, 5.41) is 7.01. The van der Waals surface area contributed by atoms with Crippen molar-refractivity contribution >= 4 is 5.91 Å². The third kappa shape index (κ3) is 3.51. The first-order valence-electron chi connectivity index (χ1n) is 8.60. The topological polar surface area (TPSA) is 52.2 Å². The Morgan fingerprint density at radius 3 is 2.77 bits per heavy atom. The van der Waals surface area contributed by atoms with Crippen LogP contribution in [0.2, 0.25) is 0 Å². The lowest BCUT2D eigenvalue weighted by molar-refractivity contribution is 0.0698. The Hall–Kier alpha value is -1.36. The largest absolute Gasteiger partial charge is 0.336 e. The fourth-order valence-electron chi connectivity index (χ4n) is 3.43. The lowest BCUT2D eigenvalue weighted by Crippen LogP contribution is -2.46. The standard InChI is InChI=1S/C17H28N4O/c1-12(2)16-11-21(17(22)15-9-13(3)18-19-15)8-4-7-20(16)10-14-5-6-14/h9,12,14,16H,4-8,10-11H2,1-3H3,(H,18,19)/t16-/m0/s1. The normalized spacial score (nSPS) is 23.8. The molecule has 1 N–H and O–H groups in total. The van der Waals surface area contributed by atoms with E-state index in [1.54, 1.807) is 0 Å². The van der Waals surface area contributed by atoms with Gasteiger partial charge in [-0.1, -0.05) is 13.8 Å². The highest BCUT2D eigenvalue weighted by Gasteiger charge is 2.33. The van der Waals surface area contributed by atoms with Gasteiger partial charge < -0.3 is 4.90 Å². The van der Waals surface area contributed by atoms with Gasteiger partial charge in [0, 0.05) is 37.9 Å². The van der Waals surface area contributed by atoms with Crippen molar-refractivity contribution in [2.24, 2.45) is 11.8 Å². The van der Waals surface area contributed by atoms with Crippen molar-refractivity contribution in [1.29, 1.82) is 0 Å². The summed E-state index contributed by atoms with van der Waals surface area (Å²) in [6.45, 7) is 10.5. The number of aromatic amines is 1. The van der Waals surface area contributed by atoms with Crippen molar-refractivity contribution in [3.63, 3.8) is 0 Å². The second kappa shape index (κ2) is 6.41. The summed E-state index contributed by atoms with van der Waals surface area (Å²) in [6, 6.07) is 2.31. The maximum Gasteiger partial charge on any atom is 0.274 e. The number of rotatable bonds is 4. The molecule has 22 heavy (non-hydrogen) atoms. The van der Waals surface area contributed by atoms with Crippen LogP contribution < -0.4 is 0 Å². The minimum absolute atomic E-state index is 0.0725. The first-order valence-corrected chi connectivity index (χ1v) is 8.60. The zero-order valence-corrected chi connectivity index (χ0v) is 14.0. The second-order valence-corrected chi connectivity index (χ2v) is 7.29. The average Bonchev–Trinajstić information content (AvgIpc) is 3.23. The number of aryl methyl sites for hydroxylation is 1. The Balaban J connectivity index is 1.71. The SMILES string of the molecule is Cc1cc(C(=O)N2CCCN(CC3CC3)[C@H](C(C)C)C2)n[nH]1. The minimum atomic E-state index is 0.0725. The summed E-state index contributed by atoms with van der Waals surface area (Å²) in [7, 11) is 0. The van der Waals surface area contributed by atoms with Gasteiger partial charge in [-0.05, 0) is 44.1 Å². The highest BCUT2D eigenvalue weighted by atomic mass is 16.2. The molecule has 2 fully saturated rings. The summed E-state index contributed by atoms with van der Waals surface area (Å²) in [6.07, 6.45) is 3.83. The molecular formula is C17H28N4O. The lowest BCUT2D eigenvalue weighted by Gasteiger charge is -2.34. The van der Waals surface area contributed by atoms with E-state index in [1.165, 1.54) is 19.4 Å². The molecule has 1 aromatic rings. The second-order valence-electron chi connectivity index (χ2n) is 7.29. The molecule has 1 saturated heterocycles. The molecule has 1 aliphatic heterocycles. The van der Waals surface area contributed by atoms with Crippen molar-refractivity contribution in [1.82, 2.24) is 20.0 Å². The van der Waals surface area contributed by atoms with Gasteiger partial charge in [-0.15, -0.1) is 0 Å². The zero-order valence-electron chi connectivity index (χ0n) is 14.0. The van der Waals surface area contributed by atoms with Crippen LogP contribution in [-0.4, -0.2) is 58.1 Å². The highest BCUT2D eigenvalue weighted by Crippen LogP contribution is 2.32. The van der Waals surface area contributed by atoms with Crippen LogP contribution >= 0.6 is 0 Å². The summed E-state index contributed by atoms with van der Waals surface area (Å²) in [5.41, 5.74) is 1.49. The number of aromatic nitrogens is 2. The number of carbonyl (C=O) groups excluding carboxylic acids is 1. The van der Waals surface area contributed by atoms with E-state index in [9.17, 15) is 4.79 Å². The quantitative estimate of drug-likeness (QED) is 0.928. The fraction of sp³-hybridized carbons (Fsp3) is 0.765. The Bertz CT molecular complexity index is 520. The van der Waals surface area contributed by atoms with Crippen LogP contribution in [0.15, 0.2) is 6.07 Å². The van der Waals surface area contributed by atoms with E-state index in [1.807, 2.05) is 17.9 Å². The van der Waals surface area contributed by atoms with Crippen LogP contribution in [0.3, 0.4) is 0 Å². The monoisotopic (exact) mass is 304 g/mol. The van der Waals surface area contributed by atoms with Gasteiger partial charge in [0.2, 0.25) is 0 Å². The van der Waals surface area contributed by atoms with Gasteiger partial charge in [-0.3, -0.25) is 14.8 Å². The van der Waals surface area contributed by atoms with Crippen molar-refractivity contribution in [3.05, 3.63) is 17.5 Å². The minimum Gasteiger partial charge on any atom is -0.336 e. The number of carbonyl (C=O) groups is 1. The van der Waals surface area contributed by atoms with Crippen LogP contribution in [0.4, 0.5) is 0 Å². The van der Waals surface area contributed by atoms with E-state index in [4.69, 9.17) is 0 Å². The average molecular weight is 304 g/mol. The maximum absolute atomic E-state index is 12.7. The molecule has 122 valence electrons. The van der Waals surface area contributed by atoms with Crippen molar-refractivity contribution < 1.29 is 4.79 Å². The number of hydrogen-bond acceptors (Lipinski definition) is 3. The molecule has 1 aromatic heterocycles. The van der Waals surface area contributed by atoms with Crippen LogP contribution in [0, 0.1) is 18.8 Å². The molecule has 0 unspecified atom stereocenters. The van der Waals surface area contributed by atoms with Gasteiger partial charge >= 0.3 is 0 Å². The van der Waals surface area contributed by atoms with Gasteiger partial charge in [0.05, 0.1) is 0 Å². The van der Waals surface area contributed by atoms with Crippen LogP contribution in [0.5, 0.6) is 0 Å². The molecule has 5 heteroatoms. The number of amides is 1. The van der Waals surface area contributed by atoms with Gasteiger partial charge in [-0.2, -0.15) is 5.10 Å². The molecule has 0 bridgehead atoms. The predicted octanol–water partition coefficient (Wildman–Crippen LogP) is 2.30. The Morgan fingerprint density at radius 1 is 1.41 bits per heavy atom. The van der Waals surface area contributed by atoms with Gasteiger partial charge in [0.15, 0.2) is 0 Å². The molecule has 1 saturated carbocycles. The Kier molecular flexibility index (Phi) is 4.52. The molecule has 2 heterocycles. The maximum atomic E-state index is 12.7. The first kappa shape index (κ1) is 15.5. The molecular weight excluding hydrogens is 276 g/mol. The van der Waals surface area contributed by atoms with Crippen LogP contribution in [0.1, 0.15) is 49.3 Å². The van der Waals surface area contributed by atoms with E-state index in [0.29, 0.717) is 17.7 Å². The number of nitrogens with one attached hydrogen (secondary N) is 1. The molecule has 0 aromatic carbocycles. The van der Waals surface area contributed by atoms with E-state index in [0.717, 1.165) is 37.7 Å². The smallest absolute Gasteiger partial charge is 0.274 e. The van der Waals surface area contributed by atoms with Crippen molar-refractivity contribution in [2.75, 3.05) is 26.2 Å². The molecule has 3 rings (SSSR count). The number of H-pyrrole nitrogens is 1. The van der Waals surface area contributed by atoms with E-state index >= 15 is 0 Å². The predicted molar refractivity (Wildman–Crippen MR) is 86.8 cm³/mol. The Labute approximate surface area is 133 Å². The molecule has 1 aliphatic carbocycles. The van der Waals surface area contributed by atoms with E-state index in [2.05, 4.69) is 28.9 Å². The van der Waals surface area contributed by atoms with Crippen molar-refractivity contribution in [2.45, 2.75) is 46.1 Å². The number of nitrogens with zero attached hydrogens (tertiary/aromatic N) is 3. The molecule has 0 spiro atoms. The summed E-state index contributed by atoms with van der Waals surface area (Å²) < 4.78 is 0. The van der Waals surface area contributed by atoms with Gasteiger partial charge in [-0.25, -0.2) is 0 Å². The molecule has 2 aliphatic rings. The third-order valence-electron chi connectivity index (χ3n) is 4.92. The highest BCUT2D eigenvalue weighted by molar-refractivity contribution is 5.92. The summed E-state index contributed by atoms with van der Waals surface area (Å²) in [4.78, 5) is 17.3. The lowest BCUT2D eigenvalue weighted by atomic mass is 10.0. The molecule has 5 nitrogen and oxygen atoms in total. The van der Waals surface area contributed by atoms with Gasteiger partial charge in [0.1, 0.15) is 5.69 Å². The zero-order chi connectivity index (χ0) is 15.7. The Morgan fingerprint density at radius 2 is 2.18 bits per heavy atom. The van der Waals surface area contributed by atoms with Crippen LogP contribution in [-0.2, 0) is 0 Å².